The Morgan fingerprint density at radius 2 is 2.11 bits per heavy atom. The molecule has 0 radical (unpaired) electrons. The lowest BCUT2D eigenvalue weighted by molar-refractivity contribution is -0.122. The molecule has 1 saturated carbocycles. The van der Waals surface area contributed by atoms with Gasteiger partial charge in [-0.05, 0) is 38.3 Å². The smallest absolute Gasteiger partial charge is 0.278 e. The quantitative estimate of drug-likeness (QED) is 0.748. The van der Waals surface area contributed by atoms with E-state index in [0.29, 0.717) is 22.5 Å². The number of amides is 1. The van der Waals surface area contributed by atoms with Crippen LogP contribution in [-0.4, -0.2) is 25.5 Å². The van der Waals surface area contributed by atoms with Crippen LogP contribution in [0.15, 0.2) is 35.4 Å². The summed E-state index contributed by atoms with van der Waals surface area (Å²) in [5, 5.41) is 11.5. The highest BCUT2D eigenvalue weighted by Gasteiger charge is 2.26. The summed E-state index contributed by atoms with van der Waals surface area (Å²) in [4.78, 5) is 24.9. The Kier molecular flexibility index (Phi) is 4.25. The van der Waals surface area contributed by atoms with Crippen molar-refractivity contribution in [3.8, 4) is 0 Å². The molecular weight excluding hydrogens is 349 g/mol. The van der Waals surface area contributed by atoms with Gasteiger partial charge in [0.25, 0.3) is 5.56 Å². The first kappa shape index (κ1) is 17.4. The van der Waals surface area contributed by atoms with Gasteiger partial charge in [0, 0.05) is 5.56 Å². The molecule has 1 amide bonds. The van der Waals surface area contributed by atoms with E-state index >= 15 is 0 Å². The van der Waals surface area contributed by atoms with Crippen molar-refractivity contribution in [1.82, 2.24) is 24.9 Å². The van der Waals surface area contributed by atoms with Gasteiger partial charge in [-0.25, -0.2) is 9.07 Å². The van der Waals surface area contributed by atoms with E-state index in [1.807, 2.05) is 4.68 Å². The fourth-order valence-electron chi connectivity index (χ4n) is 3.19. The molecule has 4 rings (SSSR count). The molecule has 1 atom stereocenters. The molecule has 1 aromatic carbocycles. The third-order valence-electron chi connectivity index (χ3n) is 4.80. The van der Waals surface area contributed by atoms with Crippen LogP contribution >= 0.6 is 0 Å². The van der Waals surface area contributed by atoms with Gasteiger partial charge in [0.1, 0.15) is 12.4 Å². The van der Waals surface area contributed by atoms with E-state index in [0.717, 1.165) is 23.1 Å². The number of carbonyl (C=O) groups is 1. The molecule has 3 aromatic rings. The largest absolute Gasteiger partial charge is 0.348 e. The fourth-order valence-corrected chi connectivity index (χ4v) is 3.19. The molecule has 140 valence electrons. The minimum absolute atomic E-state index is 0.235. The van der Waals surface area contributed by atoms with E-state index in [1.54, 1.807) is 32.2 Å². The van der Waals surface area contributed by atoms with Crippen LogP contribution in [0.5, 0.6) is 0 Å². The van der Waals surface area contributed by atoms with Crippen molar-refractivity contribution in [3.05, 3.63) is 57.9 Å². The van der Waals surface area contributed by atoms with Gasteiger partial charge < -0.3 is 5.32 Å². The summed E-state index contributed by atoms with van der Waals surface area (Å²) in [6, 6.07) is 4.69. The Labute approximate surface area is 154 Å². The monoisotopic (exact) mass is 369 g/mol. The molecular formula is C19H20FN5O2. The Hall–Kier alpha value is -3.03. The van der Waals surface area contributed by atoms with Crippen molar-refractivity contribution >= 4 is 16.8 Å². The van der Waals surface area contributed by atoms with E-state index < -0.39 is 11.9 Å². The van der Waals surface area contributed by atoms with Crippen LogP contribution in [0.1, 0.15) is 43.0 Å². The number of aryl methyl sites for hydroxylation is 1. The zero-order chi connectivity index (χ0) is 19.1. The van der Waals surface area contributed by atoms with Gasteiger partial charge in [-0.1, -0.05) is 12.1 Å². The zero-order valence-electron chi connectivity index (χ0n) is 15.1. The average Bonchev–Trinajstić information content (AvgIpc) is 3.36. The molecule has 27 heavy (non-hydrogen) atoms. The summed E-state index contributed by atoms with van der Waals surface area (Å²) < 4.78 is 17.0. The number of nitrogens with one attached hydrogen (secondary N) is 1. The molecule has 0 aliphatic heterocycles. The summed E-state index contributed by atoms with van der Waals surface area (Å²) in [6.45, 7) is 3.27. The number of halogens is 1. The number of hydrogen-bond donors (Lipinski definition) is 1. The molecule has 7 nitrogen and oxygen atoms in total. The maximum absolute atomic E-state index is 14.1. The highest BCUT2D eigenvalue weighted by molar-refractivity contribution is 5.78. The van der Waals surface area contributed by atoms with Gasteiger partial charge in [0.2, 0.25) is 5.91 Å². The molecule has 2 heterocycles. The SMILES string of the molecule is Cc1ccc([C@H](C)NC(=O)Cn2ncc3c(cnn3C3CC3)c2=O)c(F)c1. The van der Waals surface area contributed by atoms with Crippen molar-refractivity contribution in [3.63, 3.8) is 0 Å². The first-order valence-corrected chi connectivity index (χ1v) is 8.93. The van der Waals surface area contributed by atoms with Crippen molar-refractivity contribution < 1.29 is 9.18 Å². The molecule has 1 aliphatic rings. The highest BCUT2D eigenvalue weighted by atomic mass is 19.1. The van der Waals surface area contributed by atoms with E-state index in [-0.39, 0.29) is 17.9 Å². The van der Waals surface area contributed by atoms with Gasteiger partial charge in [-0.3, -0.25) is 14.3 Å². The Bertz CT molecular complexity index is 1080. The van der Waals surface area contributed by atoms with Crippen LogP contribution < -0.4 is 10.9 Å². The molecule has 1 aliphatic carbocycles. The van der Waals surface area contributed by atoms with E-state index in [4.69, 9.17) is 0 Å². The van der Waals surface area contributed by atoms with Gasteiger partial charge in [0.15, 0.2) is 0 Å². The molecule has 1 N–H and O–H groups in total. The molecule has 2 aromatic heterocycles. The Morgan fingerprint density at radius 1 is 1.33 bits per heavy atom. The third kappa shape index (κ3) is 3.34. The lowest BCUT2D eigenvalue weighted by atomic mass is 10.1. The van der Waals surface area contributed by atoms with Gasteiger partial charge in [-0.2, -0.15) is 10.2 Å². The summed E-state index contributed by atoms with van der Waals surface area (Å²) in [5.41, 5.74) is 1.54. The predicted molar refractivity (Wildman–Crippen MR) is 97.8 cm³/mol. The first-order chi connectivity index (χ1) is 12.9. The number of rotatable bonds is 5. The maximum atomic E-state index is 14.1. The first-order valence-electron chi connectivity index (χ1n) is 8.93. The zero-order valence-corrected chi connectivity index (χ0v) is 15.1. The number of nitrogens with zero attached hydrogens (tertiary/aromatic N) is 4. The summed E-state index contributed by atoms with van der Waals surface area (Å²) in [7, 11) is 0. The summed E-state index contributed by atoms with van der Waals surface area (Å²) in [5.74, 6) is -0.780. The minimum Gasteiger partial charge on any atom is -0.348 e. The van der Waals surface area contributed by atoms with E-state index in [1.165, 1.54) is 12.3 Å². The fraction of sp³-hybridized carbons (Fsp3) is 0.368. The van der Waals surface area contributed by atoms with Crippen LogP contribution in [0.25, 0.3) is 10.9 Å². The molecule has 0 spiro atoms. The number of benzene rings is 1. The van der Waals surface area contributed by atoms with Crippen LogP contribution in [0, 0.1) is 12.7 Å². The van der Waals surface area contributed by atoms with E-state index in [2.05, 4.69) is 15.5 Å². The van der Waals surface area contributed by atoms with Crippen molar-refractivity contribution in [2.24, 2.45) is 0 Å². The molecule has 0 unspecified atom stereocenters. The predicted octanol–water partition coefficient (Wildman–Crippen LogP) is 2.25. The second-order valence-electron chi connectivity index (χ2n) is 7.04. The van der Waals surface area contributed by atoms with Gasteiger partial charge in [-0.15, -0.1) is 0 Å². The number of hydrogen-bond acceptors (Lipinski definition) is 4. The number of aromatic nitrogens is 4. The minimum atomic E-state index is -0.518. The Morgan fingerprint density at radius 3 is 2.81 bits per heavy atom. The normalized spacial score (nSPS) is 15.1. The number of fused-ring (bicyclic) bond motifs is 1. The lowest BCUT2D eigenvalue weighted by Gasteiger charge is -2.15. The Balaban J connectivity index is 1.51. The van der Waals surface area contributed by atoms with Gasteiger partial charge >= 0.3 is 0 Å². The lowest BCUT2D eigenvalue weighted by Crippen LogP contribution is -2.35. The molecule has 0 saturated heterocycles. The molecule has 1 fully saturated rings. The van der Waals surface area contributed by atoms with Crippen LogP contribution in [0.2, 0.25) is 0 Å². The summed E-state index contributed by atoms with van der Waals surface area (Å²) >= 11 is 0. The van der Waals surface area contributed by atoms with Crippen LogP contribution in [-0.2, 0) is 11.3 Å². The molecule has 0 bridgehead atoms. The van der Waals surface area contributed by atoms with Crippen molar-refractivity contribution in [1.29, 1.82) is 0 Å². The second kappa shape index (κ2) is 6.61. The standard InChI is InChI=1S/C19H20FN5O2/c1-11-3-6-14(16(20)7-11)12(2)23-18(26)10-24-19(27)15-8-22-25(13-4-5-13)17(15)9-21-24/h3,6-9,12-13H,4-5,10H2,1-2H3,(H,23,26)/t12-/m0/s1. The maximum Gasteiger partial charge on any atom is 0.278 e. The average molecular weight is 369 g/mol. The van der Waals surface area contributed by atoms with Crippen LogP contribution in [0.4, 0.5) is 4.39 Å². The highest BCUT2D eigenvalue weighted by Crippen LogP contribution is 2.35. The van der Waals surface area contributed by atoms with Gasteiger partial charge in [0.05, 0.1) is 35.4 Å². The molecule has 8 heteroatoms. The van der Waals surface area contributed by atoms with Crippen molar-refractivity contribution in [2.75, 3.05) is 0 Å². The summed E-state index contributed by atoms with van der Waals surface area (Å²) in [6.07, 6.45) is 5.19. The van der Waals surface area contributed by atoms with Crippen molar-refractivity contribution in [2.45, 2.75) is 45.3 Å². The third-order valence-corrected chi connectivity index (χ3v) is 4.80. The second-order valence-corrected chi connectivity index (χ2v) is 7.04. The van der Waals surface area contributed by atoms with E-state index in [9.17, 15) is 14.0 Å². The number of carbonyl (C=O) groups excluding carboxylic acids is 1. The topological polar surface area (TPSA) is 81.8 Å². The van der Waals surface area contributed by atoms with Crippen LogP contribution in [0.3, 0.4) is 0 Å².